The molecule has 3 rings (SSSR count). The SMILES string of the molecule is O=C(/C=C/c1ccccc1[N+](=O)[O-])NCc1ccccc1Cn1cccn1. The van der Waals surface area contributed by atoms with Crippen LogP contribution in [0.25, 0.3) is 6.08 Å². The number of hydrogen-bond donors (Lipinski definition) is 1. The van der Waals surface area contributed by atoms with Crippen LogP contribution >= 0.6 is 0 Å². The molecule has 1 heterocycles. The van der Waals surface area contributed by atoms with E-state index in [1.54, 1.807) is 24.4 Å². The van der Waals surface area contributed by atoms with Crippen molar-refractivity contribution >= 4 is 17.7 Å². The molecule has 1 aromatic heterocycles. The van der Waals surface area contributed by atoms with Crippen molar-refractivity contribution in [2.24, 2.45) is 0 Å². The molecule has 0 atom stereocenters. The van der Waals surface area contributed by atoms with Crippen molar-refractivity contribution in [2.75, 3.05) is 0 Å². The Morgan fingerprint density at radius 3 is 2.59 bits per heavy atom. The highest BCUT2D eigenvalue weighted by atomic mass is 16.6. The lowest BCUT2D eigenvalue weighted by Gasteiger charge is -2.10. The second-order valence-corrected chi connectivity index (χ2v) is 5.84. The van der Waals surface area contributed by atoms with E-state index in [-0.39, 0.29) is 11.6 Å². The molecular weight excluding hydrogens is 344 g/mol. The first-order valence-corrected chi connectivity index (χ1v) is 8.37. The minimum atomic E-state index is -0.469. The summed E-state index contributed by atoms with van der Waals surface area (Å²) in [6.45, 7) is 0.975. The number of aromatic nitrogens is 2. The molecule has 0 spiro atoms. The summed E-state index contributed by atoms with van der Waals surface area (Å²) in [4.78, 5) is 22.7. The third kappa shape index (κ3) is 4.88. The van der Waals surface area contributed by atoms with Gasteiger partial charge in [-0.15, -0.1) is 0 Å². The molecule has 0 bridgehead atoms. The summed E-state index contributed by atoms with van der Waals surface area (Å²) >= 11 is 0. The van der Waals surface area contributed by atoms with Crippen LogP contribution < -0.4 is 5.32 Å². The minimum Gasteiger partial charge on any atom is -0.348 e. The van der Waals surface area contributed by atoms with Gasteiger partial charge in [-0.2, -0.15) is 5.10 Å². The number of nitrogens with one attached hydrogen (secondary N) is 1. The maximum atomic E-state index is 12.1. The van der Waals surface area contributed by atoms with Crippen molar-refractivity contribution in [3.05, 3.63) is 99.9 Å². The Balaban J connectivity index is 1.64. The number of benzene rings is 2. The van der Waals surface area contributed by atoms with Gasteiger partial charge in [-0.1, -0.05) is 36.4 Å². The van der Waals surface area contributed by atoms with Crippen molar-refractivity contribution in [1.82, 2.24) is 15.1 Å². The molecule has 1 amide bonds. The number of rotatable bonds is 7. The lowest BCUT2D eigenvalue weighted by atomic mass is 10.1. The Kier molecular flexibility index (Phi) is 5.73. The van der Waals surface area contributed by atoms with Gasteiger partial charge in [0.05, 0.1) is 17.0 Å². The molecule has 3 aromatic rings. The van der Waals surface area contributed by atoms with E-state index in [2.05, 4.69) is 10.4 Å². The summed E-state index contributed by atoms with van der Waals surface area (Å²) in [7, 11) is 0. The van der Waals surface area contributed by atoms with Crippen LogP contribution in [-0.4, -0.2) is 20.6 Å². The maximum Gasteiger partial charge on any atom is 0.276 e. The van der Waals surface area contributed by atoms with Crippen LogP contribution in [0.1, 0.15) is 16.7 Å². The van der Waals surface area contributed by atoms with E-state index in [1.165, 1.54) is 18.2 Å². The Bertz CT molecular complexity index is 965. The molecule has 0 saturated heterocycles. The summed E-state index contributed by atoms with van der Waals surface area (Å²) in [5.74, 6) is -0.318. The van der Waals surface area contributed by atoms with Crippen molar-refractivity contribution in [2.45, 2.75) is 13.1 Å². The highest BCUT2D eigenvalue weighted by Gasteiger charge is 2.10. The molecule has 7 heteroatoms. The van der Waals surface area contributed by atoms with Crippen molar-refractivity contribution in [3.63, 3.8) is 0 Å². The van der Waals surface area contributed by atoms with Gasteiger partial charge in [0.15, 0.2) is 0 Å². The monoisotopic (exact) mass is 362 g/mol. The fraction of sp³-hybridized carbons (Fsp3) is 0.100. The molecule has 136 valence electrons. The van der Waals surface area contributed by atoms with Gasteiger partial charge >= 0.3 is 0 Å². The number of hydrogen-bond acceptors (Lipinski definition) is 4. The third-order valence-electron chi connectivity index (χ3n) is 4.01. The van der Waals surface area contributed by atoms with Crippen molar-refractivity contribution in [3.8, 4) is 0 Å². The second-order valence-electron chi connectivity index (χ2n) is 5.84. The first-order chi connectivity index (χ1) is 13.1. The van der Waals surface area contributed by atoms with E-state index in [0.717, 1.165) is 11.1 Å². The average Bonchev–Trinajstić information content (AvgIpc) is 3.19. The Labute approximate surface area is 156 Å². The zero-order valence-corrected chi connectivity index (χ0v) is 14.5. The Morgan fingerprint density at radius 2 is 1.85 bits per heavy atom. The molecule has 0 saturated carbocycles. The van der Waals surface area contributed by atoms with Gasteiger partial charge in [0.25, 0.3) is 5.69 Å². The van der Waals surface area contributed by atoms with Crippen molar-refractivity contribution < 1.29 is 9.72 Å². The molecule has 1 N–H and O–H groups in total. The number of para-hydroxylation sites is 1. The number of nitrogens with zero attached hydrogens (tertiary/aromatic N) is 3. The smallest absolute Gasteiger partial charge is 0.276 e. The number of amides is 1. The zero-order chi connectivity index (χ0) is 19.1. The summed E-state index contributed by atoms with van der Waals surface area (Å²) < 4.78 is 1.81. The van der Waals surface area contributed by atoms with Crippen LogP contribution in [0, 0.1) is 10.1 Å². The van der Waals surface area contributed by atoms with Crippen molar-refractivity contribution in [1.29, 1.82) is 0 Å². The fourth-order valence-corrected chi connectivity index (χ4v) is 2.65. The first kappa shape index (κ1) is 18.1. The standard InChI is InChI=1S/C20H18N4O3/c25-20(11-10-16-6-3-4-9-19(16)24(26)27)21-14-17-7-1-2-8-18(17)15-23-13-5-12-22-23/h1-13H,14-15H2,(H,21,25)/b11-10+. The van der Waals surface area contributed by atoms with E-state index in [4.69, 9.17) is 0 Å². The molecule has 2 aromatic carbocycles. The van der Waals surface area contributed by atoms with Crippen LogP contribution in [0.2, 0.25) is 0 Å². The van der Waals surface area contributed by atoms with E-state index in [9.17, 15) is 14.9 Å². The number of nitro groups is 1. The molecule has 0 aliphatic heterocycles. The number of nitro benzene ring substituents is 1. The van der Waals surface area contributed by atoms with Crippen LogP contribution in [0.4, 0.5) is 5.69 Å². The van der Waals surface area contributed by atoms with E-state index in [0.29, 0.717) is 18.7 Å². The molecule has 27 heavy (non-hydrogen) atoms. The summed E-state index contributed by atoms with van der Waals surface area (Å²) in [5.41, 5.74) is 2.40. The normalized spacial score (nSPS) is 10.8. The van der Waals surface area contributed by atoms with Gasteiger partial charge in [-0.3, -0.25) is 19.6 Å². The highest BCUT2D eigenvalue weighted by molar-refractivity contribution is 5.92. The van der Waals surface area contributed by atoms with Crippen LogP contribution in [-0.2, 0) is 17.9 Å². The summed E-state index contributed by atoms with van der Waals surface area (Å²) in [6, 6.07) is 15.9. The average molecular weight is 362 g/mol. The Hall–Kier alpha value is -3.74. The summed E-state index contributed by atoms with van der Waals surface area (Å²) in [5, 5.41) is 18.0. The summed E-state index contributed by atoms with van der Waals surface area (Å²) in [6.07, 6.45) is 6.35. The lowest BCUT2D eigenvalue weighted by molar-refractivity contribution is -0.385. The molecule has 0 radical (unpaired) electrons. The highest BCUT2D eigenvalue weighted by Crippen LogP contribution is 2.18. The maximum absolute atomic E-state index is 12.1. The minimum absolute atomic E-state index is 0.0360. The van der Waals surface area contributed by atoms with E-state index < -0.39 is 4.92 Å². The molecule has 0 aliphatic carbocycles. The molecule has 0 aliphatic rings. The van der Waals surface area contributed by atoms with Gasteiger partial charge in [0, 0.05) is 31.1 Å². The molecular formula is C20H18N4O3. The zero-order valence-electron chi connectivity index (χ0n) is 14.5. The number of carbonyl (C=O) groups excluding carboxylic acids is 1. The fourth-order valence-electron chi connectivity index (χ4n) is 2.65. The molecule has 7 nitrogen and oxygen atoms in total. The van der Waals surface area contributed by atoms with E-state index in [1.807, 2.05) is 41.2 Å². The topological polar surface area (TPSA) is 90.1 Å². The molecule has 0 unspecified atom stereocenters. The van der Waals surface area contributed by atoms with Gasteiger partial charge in [0.2, 0.25) is 5.91 Å². The van der Waals surface area contributed by atoms with Gasteiger partial charge in [-0.05, 0) is 29.3 Å². The van der Waals surface area contributed by atoms with Crippen LogP contribution in [0.5, 0.6) is 0 Å². The lowest BCUT2D eigenvalue weighted by Crippen LogP contribution is -2.21. The van der Waals surface area contributed by atoms with E-state index >= 15 is 0 Å². The predicted molar refractivity (Wildman–Crippen MR) is 102 cm³/mol. The predicted octanol–water partition coefficient (Wildman–Crippen LogP) is 3.17. The van der Waals surface area contributed by atoms with Gasteiger partial charge < -0.3 is 5.32 Å². The molecule has 0 fully saturated rings. The third-order valence-corrected chi connectivity index (χ3v) is 4.01. The Morgan fingerprint density at radius 1 is 1.11 bits per heavy atom. The first-order valence-electron chi connectivity index (χ1n) is 8.37. The quantitative estimate of drug-likeness (QED) is 0.397. The number of carbonyl (C=O) groups is 1. The van der Waals surface area contributed by atoms with Crippen LogP contribution in [0.15, 0.2) is 73.1 Å². The van der Waals surface area contributed by atoms with Gasteiger partial charge in [-0.25, -0.2) is 0 Å². The van der Waals surface area contributed by atoms with Gasteiger partial charge in [0.1, 0.15) is 0 Å². The van der Waals surface area contributed by atoms with Crippen LogP contribution in [0.3, 0.4) is 0 Å². The second kappa shape index (κ2) is 8.57. The largest absolute Gasteiger partial charge is 0.348 e.